The van der Waals surface area contributed by atoms with Gasteiger partial charge in [-0.2, -0.15) is 0 Å². The number of nitrogens with two attached hydrogens (primary N) is 1. The molecule has 2 aliphatic carbocycles. The molecule has 0 aliphatic heterocycles. The fraction of sp³-hybridized carbons (Fsp3) is 1.00. The third-order valence-electron chi connectivity index (χ3n) is 4.98. The van der Waals surface area contributed by atoms with E-state index in [4.69, 9.17) is 5.73 Å². The number of hydrogen-bond donors (Lipinski definition) is 1. The van der Waals surface area contributed by atoms with Gasteiger partial charge in [-0.25, -0.2) is 0 Å². The first-order valence-electron chi connectivity index (χ1n) is 7.61. The molecule has 0 radical (unpaired) electrons. The van der Waals surface area contributed by atoms with E-state index >= 15 is 0 Å². The van der Waals surface area contributed by atoms with Crippen molar-refractivity contribution >= 4 is 0 Å². The summed E-state index contributed by atoms with van der Waals surface area (Å²) in [6, 6.07) is 0.475. The van der Waals surface area contributed by atoms with Gasteiger partial charge in [0.05, 0.1) is 0 Å². The van der Waals surface area contributed by atoms with Crippen LogP contribution < -0.4 is 5.73 Å². The molecule has 0 aromatic rings. The average Bonchev–Trinajstić information content (AvgIpc) is 2.74. The summed E-state index contributed by atoms with van der Waals surface area (Å²) in [5.74, 6) is 3.66. The third kappa shape index (κ3) is 3.47. The van der Waals surface area contributed by atoms with Crippen LogP contribution in [0, 0.1) is 29.1 Å². The molecular weight excluding hydrogens is 206 g/mol. The van der Waals surface area contributed by atoms with Gasteiger partial charge in [-0.1, -0.05) is 34.1 Å². The highest BCUT2D eigenvalue weighted by atomic mass is 14.7. The lowest BCUT2D eigenvalue weighted by molar-refractivity contribution is 0.225. The second kappa shape index (κ2) is 4.91. The van der Waals surface area contributed by atoms with Gasteiger partial charge in [0.2, 0.25) is 0 Å². The summed E-state index contributed by atoms with van der Waals surface area (Å²) < 4.78 is 0. The molecule has 0 saturated heterocycles. The largest absolute Gasteiger partial charge is 0.327 e. The lowest BCUT2D eigenvalue weighted by Crippen LogP contribution is -2.35. The Kier molecular flexibility index (Phi) is 3.87. The van der Waals surface area contributed by atoms with Crippen LogP contribution in [0.3, 0.4) is 0 Å². The molecule has 0 spiro atoms. The highest BCUT2D eigenvalue weighted by Gasteiger charge is 2.42. The molecule has 2 bridgehead atoms. The molecule has 5 atom stereocenters. The summed E-state index contributed by atoms with van der Waals surface area (Å²) in [5.41, 5.74) is 6.94. The van der Waals surface area contributed by atoms with Gasteiger partial charge in [-0.05, 0) is 61.2 Å². The molecular formula is C16H31N. The van der Waals surface area contributed by atoms with Crippen molar-refractivity contribution in [1.82, 2.24) is 0 Å². The molecule has 100 valence electrons. The Morgan fingerprint density at radius 1 is 1.18 bits per heavy atom. The zero-order chi connectivity index (χ0) is 12.6. The second-order valence-corrected chi connectivity index (χ2v) is 8.11. The number of hydrogen-bond acceptors (Lipinski definition) is 1. The molecule has 2 fully saturated rings. The summed E-state index contributed by atoms with van der Waals surface area (Å²) in [6.07, 6.45) is 8.44. The molecule has 2 N–H and O–H groups in total. The Balaban J connectivity index is 1.79. The van der Waals surface area contributed by atoms with E-state index in [1.54, 1.807) is 0 Å². The van der Waals surface area contributed by atoms with Gasteiger partial charge >= 0.3 is 0 Å². The van der Waals surface area contributed by atoms with Crippen molar-refractivity contribution in [2.45, 2.75) is 72.3 Å². The molecule has 1 heteroatoms. The van der Waals surface area contributed by atoms with Crippen molar-refractivity contribution in [3.63, 3.8) is 0 Å². The predicted octanol–water partition coefficient (Wildman–Crippen LogP) is 4.21. The Labute approximate surface area is 108 Å². The van der Waals surface area contributed by atoms with Gasteiger partial charge in [0, 0.05) is 6.04 Å². The lowest BCUT2D eigenvalue weighted by atomic mass is 9.77. The van der Waals surface area contributed by atoms with Crippen LogP contribution in [0.15, 0.2) is 0 Å². The molecule has 2 aliphatic rings. The Bertz CT molecular complexity index is 253. The van der Waals surface area contributed by atoms with Gasteiger partial charge in [0.25, 0.3) is 0 Å². The maximum atomic E-state index is 6.49. The minimum Gasteiger partial charge on any atom is -0.327 e. The normalized spacial score (nSPS) is 36.2. The van der Waals surface area contributed by atoms with Crippen LogP contribution in [0.4, 0.5) is 0 Å². The standard InChI is InChI=1S/C16H31N/c1-11(10-16(2,3)4)7-15(17)14-9-12-5-6-13(14)8-12/h11-15H,5-10,17H2,1-4H3. The molecule has 17 heavy (non-hydrogen) atoms. The molecule has 5 unspecified atom stereocenters. The van der Waals surface area contributed by atoms with Gasteiger partial charge in [0.15, 0.2) is 0 Å². The van der Waals surface area contributed by atoms with E-state index in [1.165, 1.54) is 38.5 Å². The first-order chi connectivity index (χ1) is 7.85. The molecule has 0 aromatic carbocycles. The highest BCUT2D eigenvalue weighted by molar-refractivity contribution is 4.94. The first kappa shape index (κ1) is 13.4. The predicted molar refractivity (Wildman–Crippen MR) is 74.8 cm³/mol. The van der Waals surface area contributed by atoms with Crippen LogP contribution in [0.1, 0.15) is 66.2 Å². The highest BCUT2D eigenvalue weighted by Crippen LogP contribution is 2.50. The van der Waals surface area contributed by atoms with Crippen molar-refractivity contribution in [3.05, 3.63) is 0 Å². The molecule has 0 heterocycles. The van der Waals surface area contributed by atoms with Crippen molar-refractivity contribution in [1.29, 1.82) is 0 Å². The Morgan fingerprint density at radius 2 is 1.88 bits per heavy atom. The molecule has 0 amide bonds. The van der Waals surface area contributed by atoms with Crippen molar-refractivity contribution in [2.24, 2.45) is 34.8 Å². The van der Waals surface area contributed by atoms with Crippen molar-refractivity contribution < 1.29 is 0 Å². The van der Waals surface area contributed by atoms with Crippen LogP contribution in [0.5, 0.6) is 0 Å². The van der Waals surface area contributed by atoms with E-state index in [0.717, 1.165) is 23.7 Å². The topological polar surface area (TPSA) is 26.0 Å². The first-order valence-corrected chi connectivity index (χ1v) is 7.61. The molecule has 0 aromatic heterocycles. The smallest absolute Gasteiger partial charge is 0.00724 e. The minimum absolute atomic E-state index is 0.452. The van der Waals surface area contributed by atoms with E-state index in [9.17, 15) is 0 Å². The van der Waals surface area contributed by atoms with Crippen LogP contribution in [-0.4, -0.2) is 6.04 Å². The monoisotopic (exact) mass is 237 g/mol. The zero-order valence-electron chi connectivity index (χ0n) is 12.2. The van der Waals surface area contributed by atoms with Gasteiger partial charge in [0.1, 0.15) is 0 Å². The summed E-state index contributed by atoms with van der Waals surface area (Å²) in [7, 11) is 0. The number of rotatable bonds is 4. The molecule has 1 nitrogen and oxygen atoms in total. The van der Waals surface area contributed by atoms with Crippen LogP contribution >= 0.6 is 0 Å². The summed E-state index contributed by atoms with van der Waals surface area (Å²) in [6.45, 7) is 9.41. The Hall–Kier alpha value is -0.0400. The van der Waals surface area contributed by atoms with Gasteiger partial charge < -0.3 is 5.73 Å². The van der Waals surface area contributed by atoms with E-state index in [2.05, 4.69) is 27.7 Å². The third-order valence-corrected chi connectivity index (χ3v) is 4.98. The summed E-state index contributed by atoms with van der Waals surface area (Å²) >= 11 is 0. The van der Waals surface area contributed by atoms with Gasteiger partial charge in [-0.3, -0.25) is 0 Å². The molecule has 2 rings (SSSR count). The van der Waals surface area contributed by atoms with E-state index in [0.29, 0.717) is 11.5 Å². The second-order valence-electron chi connectivity index (χ2n) is 8.11. The lowest BCUT2D eigenvalue weighted by Gasteiger charge is -2.31. The zero-order valence-corrected chi connectivity index (χ0v) is 12.2. The SMILES string of the molecule is CC(CC(N)C1CC2CCC1C2)CC(C)(C)C. The maximum Gasteiger partial charge on any atom is 0.00724 e. The molecule has 2 saturated carbocycles. The van der Waals surface area contributed by atoms with Crippen LogP contribution in [0.25, 0.3) is 0 Å². The fourth-order valence-corrected chi connectivity index (χ4v) is 4.59. The average molecular weight is 237 g/mol. The summed E-state index contributed by atoms with van der Waals surface area (Å²) in [5, 5.41) is 0. The van der Waals surface area contributed by atoms with Crippen LogP contribution in [-0.2, 0) is 0 Å². The quantitative estimate of drug-likeness (QED) is 0.778. The minimum atomic E-state index is 0.452. The van der Waals surface area contributed by atoms with Gasteiger partial charge in [-0.15, -0.1) is 0 Å². The van der Waals surface area contributed by atoms with Crippen molar-refractivity contribution in [2.75, 3.05) is 0 Å². The number of fused-ring (bicyclic) bond motifs is 2. The summed E-state index contributed by atoms with van der Waals surface area (Å²) in [4.78, 5) is 0. The Morgan fingerprint density at radius 3 is 2.35 bits per heavy atom. The maximum absolute atomic E-state index is 6.49. The fourth-order valence-electron chi connectivity index (χ4n) is 4.59. The van der Waals surface area contributed by atoms with Crippen LogP contribution in [0.2, 0.25) is 0 Å². The van der Waals surface area contributed by atoms with E-state index in [1.807, 2.05) is 0 Å². The van der Waals surface area contributed by atoms with Crippen molar-refractivity contribution in [3.8, 4) is 0 Å². The van der Waals surface area contributed by atoms with E-state index < -0.39 is 0 Å². The van der Waals surface area contributed by atoms with E-state index in [-0.39, 0.29) is 0 Å².